The summed E-state index contributed by atoms with van der Waals surface area (Å²) in [5.74, 6) is 0.305. The lowest BCUT2D eigenvalue weighted by Crippen LogP contribution is -2.00. The van der Waals surface area contributed by atoms with Gasteiger partial charge in [0.1, 0.15) is 5.75 Å². The maximum absolute atomic E-state index is 11.2. The van der Waals surface area contributed by atoms with Crippen molar-refractivity contribution in [2.45, 2.75) is 0 Å². The van der Waals surface area contributed by atoms with Crippen LogP contribution in [0, 0.1) is 0 Å². The Bertz CT molecular complexity index is 323. The largest absolute Gasteiger partial charge is 0.495 e. The Kier molecular flexibility index (Phi) is 3.58. The molecule has 0 atom stereocenters. The van der Waals surface area contributed by atoms with Crippen LogP contribution in [0.25, 0.3) is 0 Å². The number of halogens is 2. The van der Waals surface area contributed by atoms with Gasteiger partial charge in [-0.1, -0.05) is 11.6 Å². The Labute approximate surface area is 86.4 Å². The van der Waals surface area contributed by atoms with Crippen molar-refractivity contribution in [3.05, 3.63) is 28.8 Å². The summed E-state index contributed by atoms with van der Waals surface area (Å²) in [7, 11) is 1.50. The fraction of sp³-hybridized carbons (Fsp3) is 0.222. The number of ether oxygens (including phenoxy) is 1. The van der Waals surface area contributed by atoms with Gasteiger partial charge in [-0.3, -0.25) is 4.79 Å². The van der Waals surface area contributed by atoms with Crippen LogP contribution in [0.1, 0.15) is 10.4 Å². The number of benzene rings is 1. The highest BCUT2D eigenvalue weighted by Crippen LogP contribution is 2.25. The van der Waals surface area contributed by atoms with Crippen LogP contribution < -0.4 is 4.74 Å². The molecule has 0 amide bonds. The van der Waals surface area contributed by atoms with E-state index in [-0.39, 0.29) is 11.7 Å². The highest BCUT2D eigenvalue weighted by molar-refractivity contribution is 6.33. The topological polar surface area (TPSA) is 26.3 Å². The van der Waals surface area contributed by atoms with E-state index in [2.05, 4.69) is 0 Å². The molecular weight excluding hydrogens is 211 g/mol. The first-order valence-electron chi connectivity index (χ1n) is 3.61. The summed E-state index contributed by atoms with van der Waals surface area (Å²) in [5.41, 5.74) is 0.510. The Hall–Kier alpha value is -0.730. The van der Waals surface area contributed by atoms with Crippen LogP contribution in [0.15, 0.2) is 18.2 Å². The van der Waals surface area contributed by atoms with Crippen molar-refractivity contribution in [1.29, 1.82) is 0 Å². The van der Waals surface area contributed by atoms with Crippen molar-refractivity contribution in [2.75, 3.05) is 13.0 Å². The molecule has 13 heavy (non-hydrogen) atoms. The molecule has 0 aliphatic heterocycles. The number of rotatable bonds is 3. The van der Waals surface area contributed by atoms with Gasteiger partial charge in [-0.2, -0.15) is 0 Å². The van der Waals surface area contributed by atoms with Crippen LogP contribution in [0.4, 0.5) is 0 Å². The fourth-order valence-corrected chi connectivity index (χ4v) is 1.26. The minimum Gasteiger partial charge on any atom is -0.495 e. The van der Waals surface area contributed by atoms with Gasteiger partial charge in [-0.15, -0.1) is 11.6 Å². The van der Waals surface area contributed by atoms with Gasteiger partial charge in [0.25, 0.3) is 0 Å². The summed E-state index contributed by atoms with van der Waals surface area (Å²) in [6, 6.07) is 4.81. The molecule has 2 nitrogen and oxygen atoms in total. The van der Waals surface area contributed by atoms with Gasteiger partial charge in [-0.25, -0.2) is 0 Å². The monoisotopic (exact) mass is 218 g/mol. The number of Topliss-reactive ketones (excluding diaryl/α,β-unsaturated/α-hetero) is 1. The molecule has 0 aliphatic carbocycles. The first-order chi connectivity index (χ1) is 6.19. The number of hydrogen-bond acceptors (Lipinski definition) is 2. The molecule has 0 heterocycles. The summed E-state index contributed by atoms with van der Waals surface area (Å²) in [6.45, 7) is 0. The lowest BCUT2D eigenvalue weighted by Gasteiger charge is -2.04. The van der Waals surface area contributed by atoms with Gasteiger partial charge in [-0.05, 0) is 18.2 Å². The molecule has 0 aromatic heterocycles. The Morgan fingerprint density at radius 2 is 2.23 bits per heavy atom. The van der Waals surface area contributed by atoms with Crippen molar-refractivity contribution >= 4 is 29.0 Å². The third-order valence-corrected chi connectivity index (χ3v) is 2.15. The molecule has 0 saturated carbocycles. The lowest BCUT2D eigenvalue weighted by atomic mass is 10.1. The fourth-order valence-electron chi connectivity index (χ4n) is 0.910. The maximum atomic E-state index is 11.2. The van der Waals surface area contributed by atoms with Crippen LogP contribution in [0.3, 0.4) is 0 Å². The molecule has 0 fully saturated rings. The number of hydrogen-bond donors (Lipinski definition) is 0. The van der Waals surface area contributed by atoms with Crippen LogP contribution in [-0.4, -0.2) is 18.8 Å². The van der Waals surface area contributed by atoms with E-state index in [1.54, 1.807) is 18.2 Å². The quantitative estimate of drug-likeness (QED) is 0.577. The molecule has 0 unspecified atom stereocenters. The zero-order chi connectivity index (χ0) is 9.84. The zero-order valence-corrected chi connectivity index (χ0v) is 8.52. The van der Waals surface area contributed by atoms with E-state index in [0.717, 1.165) is 0 Å². The molecule has 0 saturated heterocycles. The van der Waals surface area contributed by atoms with Crippen molar-refractivity contribution in [2.24, 2.45) is 0 Å². The van der Waals surface area contributed by atoms with Crippen LogP contribution in [0.2, 0.25) is 5.02 Å². The van der Waals surface area contributed by atoms with Crippen molar-refractivity contribution in [1.82, 2.24) is 0 Å². The molecule has 0 N–H and O–H groups in total. The van der Waals surface area contributed by atoms with Crippen LogP contribution in [0.5, 0.6) is 5.75 Å². The molecule has 70 valence electrons. The van der Waals surface area contributed by atoms with E-state index in [1.807, 2.05) is 0 Å². The molecule has 1 aromatic carbocycles. The van der Waals surface area contributed by atoms with Crippen molar-refractivity contribution in [3.63, 3.8) is 0 Å². The summed E-state index contributed by atoms with van der Waals surface area (Å²) in [6.07, 6.45) is 0. The van der Waals surface area contributed by atoms with Crippen molar-refractivity contribution < 1.29 is 9.53 Å². The summed E-state index contributed by atoms with van der Waals surface area (Å²) in [5, 5.41) is 0.480. The summed E-state index contributed by atoms with van der Waals surface area (Å²) >= 11 is 11.2. The van der Waals surface area contributed by atoms with E-state index >= 15 is 0 Å². The highest BCUT2D eigenvalue weighted by atomic mass is 35.5. The molecular formula is C9H8Cl2O2. The molecule has 1 rings (SSSR count). The molecule has 0 bridgehead atoms. The van der Waals surface area contributed by atoms with Gasteiger partial charge in [0, 0.05) is 5.56 Å². The van der Waals surface area contributed by atoms with Gasteiger partial charge in [0.15, 0.2) is 5.78 Å². The Morgan fingerprint density at radius 1 is 1.54 bits per heavy atom. The number of ketones is 1. The molecule has 4 heteroatoms. The van der Waals surface area contributed by atoms with Gasteiger partial charge in [0.2, 0.25) is 0 Å². The third-order valence-electron chi connectivity index (χ3n) is 1.59. The molecule has 0 spiro atoms. The molecule has 1 aromatic rings. The standard InChI is InChI=1S/C9H8Cl2O2/c1-13-9-4-6(8(12)5-10)2-3-7(9)11/h2-4H,5H2,1H3. The minimum atomic E-state index is -0.142. The second kappa shape index (κ2) is 4.49. The van der Waals surface area contributed by atoms with E-state index in [4.69, 9.17) is 27.9 Å². The highest BCUT2D eigenvalue weighted by Gasteiger charge is 2.07. The van der Waals surface area contributed by atoms with E-state index in [1.165, 1.54) is 7.11 Å². The molecule has 0 aliphatic rings. The average molecular weight is 219 g/mol. The van der Waals surface area contributed by atoms with Gasteiger partial charge >= 0.3 is 0 Å². The molecule has 0 radical (unpaired) electrons. The first-order valence-corrected chi connectivity index (χ1v) is 4.53. The van der Waals surface area contributed by atoms with Crippen LogP contribution in [-0.2, 0) is 0 Å². The second-order valence-corrected chi connectivity index (χ2v) is 3.08. The number of carbonyl (C=O) groups is 1. The Balaban J connectivity index is 3.06. The lowest BCUT2D eigenvalue weighted by molar-refractivity contribution is 0.102. The van der Waals surface area contributed by atoms with E-state index in [0.29, 0.717) is 16.3 Å². The summed E-state index contributed by atoms with van der Waals surface area (Å²) < 4.78 is 4.95. The number of methoxy groups -OCH3 is 1. The second-order valence-electron chi connectivity index (χ2n) is 2.41. The maximum Gasteiger partial charge on any atom is 0.177 e. The predicted octanol–water partition coefficient (Wildman–Crippen LogP) is 2.77. The average Bonchev–Trinajstić information content (AvgIpc) is 2.17. The smallest absolute Gasteiger partial charge is 0.177 e. The van der Waals surface area contributed by atoms with E-state index in [9.17, 15) is 4.79 Å². The summed E-state index contributed by atoms with van der Waals surface area (Å²) in [4.78, 5) is 11.2. The first kappa shape index (κ1) is 10.4. The van der Waals surface area contributed by atoms with Crippen LogP contribution >= 0.6 is 23.2 Å². The van der Waals surface area contributed by atoms with E-state index < -0.39 is 0 Å². The third kappa shape index (κ3) is 2.36. The Morgan fingerprint density at radius 3 is 2.77 bits per heavy atom. The minimum absolute atomic E-state index is 0.0369. The predicted molar refractivity (Wildman–Crippen MR) is 53.1 cm³/mol. The zero-order valence-electron chi connectivity index (χ0n) is 7.01. The SMILES string of the molecule is COc1cc(C(=O)CCl)ccc1Cl. The van der Waals surface area contributed by atoms with Gasteiger partial charge < -0.3 is 4.74 Å². The number of alkyl halides is 1. The van der Waals surface area contributed by atoms with Crippen molar-refractivity contribution in [3.8, 4) is 5.75 Å². The normalized spacial score (nSPS) is 9.77. The van der Waals surface area contributed by atoms with Gasteiger partial charge in [0.05, 0.1) is 18.0 Å². The number of carbonyl (C=O) groups excluding carboxylic acids is 1.